The first kappa shape index (κ1) is 22.6. The van der Waals surface area contributed by atoms with Gasteiger partial charge in [-0.25, -0.2) is 9.37 Å². The van der Waals surface area contributed by atoms with Crippen LogP contribution in [0.1, 0.15) is 55.3 Å². The lowest BCUT2D eigenvalue weighted by atomic mass is 9.99. The summed E-state index contributed by atoms with van der Waals surface area (Å²) >= 11 is 0. The van der Waals surface area contributed by atoms with Gasteiger partial charge in [-0.15, -0.1) is 0 Å². The van der Waals surface area contributed by atoms with Crippen molar-refractivity contribution in [3.63, 3.8) is 0 Å². The number of aromatic amines is 1. The molecule has 6 nitrogen and oxygen atoms in total. The topological polar surface area (TPSA) is 74.8 Å². The molecule has 0 bridgehead atoms. The molecule has 33 heavy (non-hydrogen) atoms. The summed E-state index contributed by atoms with van der Waals surface area (Å²) in [6.45, 7) is 13.0. The highest BCUT2D eigenvalue weighted by Crippen LogP contribution is 2.29. The fraction of sp³-hybridized carbons (Fsp3) is 0.308. The van der Waals surface area contributed by atoms with Crippen molar-refractivity contribution in [1.29, 1.82) is 0 Å². The minimum absolute atomic E-state index is 0.127. The first-order valence-corrected chi connectivity index (χ1v) is 11.0. The van der Waals surface area contributed by atoms with E-state index in [1.54, 1.807) is 0 Å². The summed E-state index contributed by atoms with van der Waals surface area (Å²) in [7, 11) is 0. The first-order valence-electron chi connectivity index (χ1n) is 11.0. The number of aromatic nitrogens is 4. The number of fused-ring (bicyclic) bond motifs is 1. The maximum atomic E-state index is 13.8. The number of aryl methyl sites for hydroxylation is 1. The van der Waals surface area contributed by atoms with Gasteiger partial charge in [-0.1, -0.05) is 6.58 Å². The zero-order valence-electron chi connectivity index (χ0n) is 19.4. The Morgan fingerprint density at radius 2 is 1.94 bits per heavy atom. The van der Waals surface area contributed by atoms with Crippen LogP contribution in [0, 0.1) is 6.92 Å². The van der Waals surface area contributed by atoms with Crippen LogP contribution in [-0.4, -0.2) is 31.4 Å². The molecule has 0 radical (unpaired) electrons. The van der Waals surface area contributed by atoms with Crippen molar-refractivity contribution in [2.45, 2.75) is 46.8 Å². The van der Waals surface area contributed by atoms with E-state index in [1.807, 2.05) is 39.4 Å². The number of halogens is 1. The second-order valence-electron chi connectivity index (χ2n) is 8.58. The first-order chi connectivity index (χ1) is 15.7. The summed E-state index contributed by atoms with van der Waals surface area (Å²) in [5.41, 5.74) is 7.72. The molecule has 0 aliphatic carbocycles. The molecule has 1 aliphatic rings. The van der Waals surface area contributed by atoms with E-state index in [4.69, 9.17) is 4.98 Å². The highest BCUT2D eigenvalue weighted by molar-refractivity contribution is 5.66. The molecular formula is C26H28FN5O. The van der Waals surface area contributed by atoms with Crippen molar-refractivity contribution in [1.82, 2.24) is 24.8 Å². The number of alkyl halides is 1. The molecule has 3 aromatic heterocycles. The fourth-order valence-electron chi connectivity index (χ4n) is 4.02. The summed E-state index contributed by atoms with van der Waals surface area (Å²) in [5.74, 6) is 0.369. The van der Waals surface area contributed by atoms with E-state index >= 15 is 0 Å². The Balaban J connectivity index is 1.61. The molecule has 0 saturated carbocycles. The molecule has 0 aromatic carbocycles. The maximum absolute atomic E-state index is 13.8. The van der Waals surface area contributed by atoms with Crippen LogP contribution in [0.4, 0.5) is 4.39 Å². The summed E-state index contributed by atoms with van der Waals surface area (Å²) in [6.07, 6.45) is 5.11. The predicted molar refractivity (Wildman–Crippen MR) is 128 cm³/mol. The standard InChI is InChI=1S/C26H28FN5O/c1-15-8-20(12-28-11-15)21-9-22-14-32(7-6-23(22)29-13-21)19(5)16(2)17(3)26-30-24(18(4)27)10-25(33)31-26/h8-13,18H,5-7,14H2,1-4H3,(H,30,31,33)/b17-16-. The van der Waals surface area contributed by atoms with Gasteiger partial charge in [0, 0.05) is 66.7 Å². The normalized spacial score (nSPS) is 15.0. The molecule has 0 saturated heterocycles. The number of pyridine rings is 2. The monoisotopic (exact) mass is 445 g/mol. The van der Waals surface area contributed by atoms with E-state index in [2.05, 4.69) is 38.6 Å². The predicted octanol–water partition coefficient (Wildman–Crippen LogP) is 4.93. The third-order valence-corrected chi connectivity index (χ3v) is 6.15. The Morgan fingerprint density at radius 3 is 2.67 bits per heavy atom. The molecular weight excluding hydrogens is 417 g/mol. The van der Waals surface area contributed by atoms with Crippen LogP contribution < -0.4 is 5.56 Å². The molecule has 170 valence electrons. The number of rotatable bonds is 5. The zero-order valence-corrected chi connectivity index (χ0v) is 19.4. The van der Waals surface area contributed by atoms with E-state index in [0.717, 1.165) is 57.8 Å². The van der Waals surface area contributed by atoms with Crippen molar-refractivity contribution < 1.29 is 4.39 Å². The van der Waals surface area contributed by atoms with Gasteiger partial charge >= 0.3 is 0 Å². The van der Waals surface area contributed by atoms with Crippen molar-refractivity contribution in [3.05, 3.63) is 93.3 Å². The van der Waals surface area contributed by atoms with Gasteiger partial charge in [-0.3, -0.25) is 14.8 Å². The second-order valence-corrected chi connectivity index (χ2v) is 8.58. The quantitative estimate of drug-likeness (QED) is 0.564. The van der Waals surface area contributed by atoms with Crippen LogP contribution in [0.15, 0.2) is 59.4 Å². The Kier molecular flexibility index (Phi) is 6.22. The van der Waals surface area contributed by atoms with Crippen molar-refractivity contribution in [3.8, 4) is 11.1 Å². The molecule has 4 rings (SSSR count). The second kappa shape index (κ2) is 9.10. The van der Waals surface area contributed by atoms with E-state index in [-0.39, 0.29) is 11.3 Å². The van der Waals surface area contributed by atoms with Crippen LogP contribution >= 0.6 is 0 Å². The van der Waals surface area contributed by atoms with Crippen LogP contribution in [0.2, 0.25) is 0 Å². The molecule has 0 spiro atoms. The Morgan fingerprint density at radius 1 is 1.18 bits per heavy atom. The van der Waals surface area contributed by atoms with Gasteiger partial charge in [-0.2, -0.15) is 0 Å². The molecule has 1 atom stereocenters. The van der Waals surface area contributed by atoms with Gasteiger partial charge in [0.1, 0.15) is 12.0 Å². The van der Waals surface area contributed by atoms with Crippen LogP contribution in [-0.2, 0) is 13.0 Å². The number of allylic oxidation sites excluding steroid dienone is 2. The summed E-state index contributed by atoms with van der Waals surface area (Å²) in [5, 5.41) is 0. The minimum Gasteiger partial charge on any atom is -0.367 e. The van der Waals surface area contributed by atoms with Gasteiger partial charge < -0.3 is 9.88 Å². The Hall–Kier alpha value is -3.61. The fourth-order valence-corrected chi connectivity index (χ4v) is 4.02. The molecule has 1 unspecified atom stereocenters. The lowest BCUT2D eigenvalue weighted by Crippen LogP contribution is -2.30. The Labute approximate surface area is 193 Å². The minimum atomic E-state index is -1.31. The molecule has 0 amide bonds. The third kappa shape index (κ3) is 4.77. The van der Waals surface area contributed by atoms with E-state index in [0.29, 0.717) is 12.4 Å². The van der Waals surface area contributed by atoms with E-state index in [9.17, 15) is 9.18 Å². The van der Waals surface area contributed by atoms with Gasteiger partial charge in [0.25, 0.3) is 5.56 Å². The van der Waals surface area contributed by atoms with Crippen molar-refractivity contribution in [2.75, 3.05) is 6.54 Å². The van der Waals surface area contributed by atoms with Crippen molar-refractivity contribution in [2.24, 2.45) is 0 Å². The van der Waals surface area contributed by atoms with Crippen LogP contribution in [0.5, 0.6) is 0 Å². The summed E-state index contributed by atoms with van der Waals surface area (Å²) < 4.78 is 13.8. The number of nitrogens with zero attached hydrogens (tertiary/aromatic N) is 4. The number of H-pyrrole nitrogens is 1. The van der Waals surface area contributed by atoms with Gasteiger partial charge in [0.2, 0.25) is 0 Å². The largest absolute Gasteiger partial charge is 0.367 e. The average molecular weight is 446 g/mol. The van der Waals surface area contributed by atoms with E-state index < -0.39 is 6.17 Å². The van der Waals surface area contributed by atoms with Crippen molar-refractivity contribution >= 4 is 5.57 Å². The summed E-state index contributed by atoms with van der Waals surface area (Å²) in [4.78, 5) is 30.2. The highest BCUT2D eigenvalue weighted by Gasteiger charge is 2.21. The third-order valence-electron chi connectivity index (χ3n) is 6.15. The van der Waals surface area contributed by atoms with Crippen LogP contribution in [0.25, 0.3) is 16.7 Å². The molecule has 3 aromatic rings. The number of hydrogen-bond donors (Lipinski definition) is 1. The molecule has 1 N–H and O–H groups in total. The average Bonchev–Trinajstić information content (AvgIpc) is 2.81. The lowest BCUT2D eigenvalue weighted by Gasteiger charge is -2.32. The van der Waals surface area contributed by atoms with Crippen LogP contribution in [0.3, 0.4) is 0 Å². The summed E-state index contributed by atoms with van der Waals surface area (Å²) in [6, 6.07) is 5.48. The smallest absolute Gasteiger partial charge is 0.251 e. The Bertz CT molecular complexity index is 1310. The van der Waals surface area contributed by atoms with Gasteiger partial charge in [-0.05, 0) is 62.1 Å². The number of hydrogen-bond acceptors (Lipinski definition) is 5. The molecule has 7 heteroatoms. The molecule has 1 aliphatic heterocycles. The van der Waals surface area contributed by atoms with Gasteiger partial charge in [0.15, 0.2) is 0 Å². The molecule has 4 heterocycles. The number of nitrogens with one attached hydrogen (secondary N) is 1. The molecule has 0 fully saturated rings. The maximum Gasteiger partial charge on any atom is 0.251 e. The highest BCUT2D eigenvalue weighted by atomic mass is 19.1. The lowest BCUT2D eigenvalue weighted by molar-refractivity contribution is 0.326. The van der Waals surface area contributed by atoms with E-state index in [1.165, 1.54) is 13.0 Å². The van der Waals surface area contributed by atoms with Gasteiger partial charge in [0.05, 0.1) is 5.69 Å². The SMILES string of the molecule is C=C(/C(C)=C(/C)c1nc(C(C)F)cc(=O)[nH]1)N1CCc2ncc(-c3cncc(C)c3)cc2C1. The zero-order chi connectivity index (χ0) is 23.7.